The van der Waals surface area contributed by atoms with Crippen molar-refractivity contribution in [1.82, 2.24) is 19.4 Å². The fourth-order valence-electron chi connectivity index (χ4n) is 3.23. The van der Waals surface area contributed by atoms with Crippen molar-refractivity contribution in [3.63, 3.8) is 0 Å². The molecule has 0 aromatic carbocycles. The molecule has 114 valence electrons. The third-order valence-corrected chi connectivity index (χ3v) is 4.47. The zero-order valence-electron chi connectivity index (χ0n) is 13.0. The molecule has 0 radical (unpaired) electrons. The lowest BCUT2D eigenvalue weighted by molar-refractivity contribution is 0.250. The Morgan fingerprint density at radius 1 is 1.18 bits per heavy atom. The molecule has 0 saturated carbocycles. The van der Waals surface area contributed by atoms with Gasteiger partial charge in [-0.25, -0.2) is 14.5 Å². The first-order chi connectivity index (χ1) is 10.7. The van der Waals surface area contributed by atoms with E-state index in [0.717, 1.165) is 54.6 Å². The summed E-state index contributed by atoms with van der Waals surface area (Å²) < 4.78 is 7.96. The molecule has 0 atom stereocenters. The average Bonchev–Trinajstić information content (AvgIpc) is 3.11. The van der Waals surface area contributed by atoms with Gasteiger partial charge in [-0.3, -0.25) is 0 Å². The van der Waals surface area contributed by atoms with Gasteiger partial charge in [-0.1, -0.05) is 0 Å². The van der Waals surface area contributed by atoms with Crippen molar-refractivity contribution < 1.29 is 4.42 Å². The largest absolute Gasteiger partial charge is 0.445 e. The van der Waals surface area contributed by atoms with Gasteiger partial charge in [0.1, 0.15) is 17.1 Å². The van der Waals surface area contributed by atoms with Crippen LogP contribution in [0.1, 0.15) is 30.3 Å². The number of pyridine rings is 1. The third-order valence-electron chi connectivity index (χ3n) is 4.47. The van der Waals surface area contributed by atoms with E-state index in [0.29, 0.717) is 5.92 Å². The minimum Gasteiger partial charge on any atom is -0.445 e. The number of hydrogen-bond donors (Lipinski definition) is 0. The van der Waals surface area contributed by atoms with Crippen LogP contribution in [0.25, 0.3) is 17.0 Å². The van der Waals surface area contributed by atoms with Crippen molar-refractivity contribution in [2.24, 2.45) is 0 Å². The molecule has 4 rings (SSSR count). The normalized spacial score (nSPS) is 17.4. The van der Waals surface area contributed by atoms with E-state index in [1.807, 2.05) is 37.4 Å². The van der Waals surface area contributed by atoms with Gasteiger partial charge in [0.25, 0.3) is 0 Å². The molecule has 4 heterocycles. The maximum atomic E-state index is 5.86. The summed E-state index contributed by atoms with van der Waals surface area (Å²) in [4.78, 5) is 11.8. The van der Waals surface area contributed by atoms with Crippen molar-refractivity contribution >= 4 is 11.2 Å². The van der Waals surface area contributed by atoms with E-state index in [9.17, 15) is 0 Å². The van der Waals surface area contributed by atoms with Gasteiger partial charge in [0.15, 0.2) is 5.65 Å². The van der Waals surface area contributed by atoms with Crippen LogP contribution in [0.2, 0.25) is 0 Å². The Labute approximate surface area is 129 Å². The van der Waals surface area contributed by atoms with E-state index in [2.05, 4.69) is 21.5 Å². The molecule has 0 N–H and O–H groups in total. The number of nitrogens with zero attached hydrogens (tertiary/aromatic N) is 4. The zero-order valence-corrected chi connectivity index (χ0v) is 13.0. The first kappa shape index (κ1) is 13.5. The standard InChI is InChI=1S/C17H20N4O/c1-12-5-6-15(22-12)21-16(13-7-10-20(2)11-8-13)19-14-4-3-9-18-17(14)21/h3-6,9,13H,7-8,10-11H2,1-2H3. The average molecular weight is 296 g/mol. The molecule has 0 unspecified atom stereocenters. The summed E-state index contributed by atoms with van der Waals surface area (Å²) >= 11 is 0. The van der Waals surface area contributed by atoms with E-state index in [-0.39, 0.29) is 0 Å². The Morgan fingerprint density at radius 2 is 2.00 bits per heavy atom. The Morgan fingerprint density at radius 3 is 2.73 bits per heavy atom. The summed E-state index contributed by atoms with van der Waals surface area (Å²) in [6, 6.07) is 7.95. The predicted molar refractivity (Wildman–Crippen MR) is 85.3 cm³/mol. The summed E-state index contributed by atoms with van der Waals surface area (Å²) in [6.45, 7) is 4.18. The van der Waals surface area contributed by atoms with Crippen molar-refractivity contribution in [2.75, 3.05) is 20.1 Å². The second kappa shape index (κ2) is 5.25. The lowest BCUT2D eigenvalue weighted by Crippen LogP contribution is -2.30. The Bertz CT molecular complexity index is 796. The van der Waals surface area contributed by atoms with Gasteiger partial charge in [-0.05, 0) is 58.1 Å². The number of fused-ring (bicyclic) bond motifs is 1. The number of aryl methyl sites for hydroxylation is 1. The number of imidazole rings is 1. The van der Waals surface area contributed by atoms with E-state index in [1.54, 1.807) is 0 Å². The van der Waals surface area contributed by atoms with Crippen molar-refractivity contribution in [3.05, 3.63) is 42.0 Å². The number of aromatic nitrogens is 3. The van der Waals surface area contributed by atoms with Gasteiger partial charge in [-0.15, -0.1) is 0 Å². The van der Waals surface area contributed by atoms with Gasteiger partial charge in [0.2, 0.25) is 5.88 Å². The molecule has 1 aliphatic rings. The molecular formula is C17H20N4O. The topological polar surface area (TPSA) is 47.1 Å². The summed E-state index contributed by atoms with van der Waals surface area (Å²) in [5.74, 6) is 3.25. The van der Waals surface area contributed by atoms with Gasteiger partial charge in [0, 0.05) is 18.2 Å². The zero-order chi connectivity index (χ0) is 15.1. The van der Waals surface area contributed by atoms with Crippen LogP contribution >= 0.6 is 0 Å². The van der Waals surface area contributed by atoms with Crippen molar-refractivity contribution in [1.29, 1.82) is 0 Å². The van der Waals surface area contributed by atoms with Crippen molar-refractivity contribution in [3.8, 4) is 5.88 Å². The molecule has 22 heavy (non-hydrogen) atoms. The molecule has 1 fully saturated rings. The summed E-state index contributed by atoms with van der Waals surface area (Å²) in [6.07, 6.45) is 4.06. The smallest absolute Gasteiger partial charge is 0.206 e. The molecule has 0 bridgehead atoms. The molecular weight excluding hydrogens is 276 g/mol. The fraction of sp³-hybridized carbons (Fsp3) is 0.412. The third kappa shape index (κ3) is 2.22. The minimum absolute atomic E-state index is 0.454. The van der Waals surface area contributed by atoms with Crippen LogP contribution in [0.15, 0.2) is 34.9 Å². The van der Waals surface area contributed by atoms with Gasteiger partial charge in [-0.2, -0.15) is 0 Å². The molecule has 0 amide bonds. The van der Waals surface area contributed by atoms with E-state index >= 15 is 0 Å². The highest BCUT2D eigenvalue weighted by atomic mass is 16.4. The Balaban J connectivity index is 1.86. The van der Waals surface area contributed by atoms with Crippen LogP contribution in [0.3, 0.4) is 0 Å². The first-order valence-corrected chi connectivity index (χ1v) is 7.81. The van der Waals surface area contributed by atoms with Crippen molar-refractivity contribution in [2.45, 2.75) is 25.7 Å². The second-order valence-electron chi connectivity index (χ2n) is 6.11. The summed E-state index contributed by atoms with van der Waals surface area (Å²) in [5, 5.41) is 0. The van der Waals surface area contributed by atoms with E-state index in [1.165, 1.54) is 0 Å². The molecule has 3 aromatic heterocycles. The lowest BCUT2D eigenvalue weighted by Gasteiger charge is -2.28. The second-order valence-corrected chi connectivity index (χ2v) is 6.11. The highest BCUT2D eigenvalue weighted by molar-refractivity contribution is 5.73. The molecule has 3 aromatic rings. The van der Waals surface area contributed by atoms with Gasteiger partial charge in [0.05, 0.1) is 0 Å². The summed E-state index contributed by atoms with van der Waals surface area (Å²) in [5.41, 5.74) is 1.82. The SMILES string of the molecule is Cc1ccc(-n2c(C3CCN(C)CC3)nc3cccnc32)o1. The number of hydrogen-bond acceptors (Lipinski definition) is 4. The van der Waals surface area contributed by atoms with Crippen LogP contribution in [0.5, 0.6) is 0 Å². The number of likely N-dealkylation sites (tertiary alicyclic amines) is 1. The molecule has 5 heteroatoms. The molecule has 1 saturated heterocycles. The summed E-state index contributed by atoms with van der Waals surface area (Å²) in [7, 11) is 2.18. The number of rotatable bonds is 2. The predicted octanol–water partition coefficient (Wildman–Crippen LogP) is 3.13. The molecule has 0 aliphatic carbocycles. The number of piperidine rings is 1. The van der Waals surface area contributed by atoms with E-state index < -0.39 is 0 Å². The first-order valence-electron chi connectivity index (χ1n) is 7.81. The Kier molecular flexibility index (Phi) is 3.22. The van der Waals surface area contributed by atoms with Crippen LogP contribution in [-0.4, -0.2) is 39.6 Å². The highest BCUT2D eigenvalue weighted by Crippen LogP contribution is 2.31. The lowest BCUT2D eigenvalue weighted by atomic mass is 9.96. The Hall–Kier alpha value is -2.14. The quantitative estimate of drug-likeness (QED) is 0.729. The van der Waals surface area contributed by atoms with Crippen LogP contribution < -0.4 is 0 Å². The maximum Gasteiger partial charge on any atom is 0.206 e. The minimum atomic E-state index is 0.454. The molecule has 5 nitrogen and oxygen atoms in total. The monoisotopic (exact) mass is 296 g/mol. The van der Waals surface area contributed by atoms with Crippen LogP contribution in [0, 0.1) is 6.92 Å². The van der Waals surface area contributed by atoms with Crippen LogP contribution in [0.4, 0.5) is 0 Å². The molecule has 0 spiro atoms. The van der Waals surface area contributed by atoms with E-state index in [4.69, 9.17) is 9.40 Å². The maximum absolute atomic E-state index is 5.86. The van der Waals surface area contributed by atoms with Gasteiger partial charge < -0.3 is 9.32 Å². The van der Waals surface area contributed by atoms with Crippen LogP contribution in [-0.2, 0) is 0 Å². The molecule has 1 aliphatic heterocycles. The highest BCUT2D eigenvalue weighted by Gasteiger charge is 2.26. The fourth-order valence-corrected chi connectivity index (χ4v) is 3.23. The number of furan rings is 1. The van der Waals surface area contributed by atoms with Gasteiger partial charge >= 0.3 is 0 Å².